The van der Waals surface area contributed by atoms with Crippen LogP contribution in [0.2, 0.25) is 0 Å². The maximum absolute atomic E-state index is 13.7. The van der Waals surface area contributed by atoms with Crippen LogP contribution in [0.5, 0.6) is 0 Å². The van der Waals surface area contributed by atoms with Crippen LogP contribution in [0.3, 0.4) is 0 Å². The van der Waals surface area contributed by atoms with Crippen molar-refractivity contribution in [2.75, 3.05) is 26.8 Å². The van der Waals surface area contributed by atoms with Gasteiger partial charge in [0.2, 0.25) is 0 Å². The van der Waals surface area contributed by atoms with Crippen LogP contribution in [0.15, 0.2) is 96.6 Å². The number of Topliss-reactive ketones (excluding diaryl/α,β-unsaturated/α-hetero) is 1. The molecule has 1 aliphatic rings. The molecule has 2 unspecified atom stereocenters. The van der Waals surface area contributed by atoms with Crippen molar-refractivity contribution in [2.24, 2.45) is 5.92 Å². The number of carbonyl (C=O) groups excluding carboxylic acids is 1. The van der Waals surface area contributed by atoms with Gasteiger partial charge in [-0.1, -0.05) is 91.0 Å². The van der Waals surface area contributed by atoms with Crippen LogP contribution < -0.4 is 0 Å². The summed E-state index contributed by atoms with van der Waals surface area (Å²) in [6.45, 7) is 3.81. The van der Waals surface area contributed by atoms with E-state index in [0.717, 1.165) is 16.7 Å². The molecule has 0 bridgehead atoms. The van der Waals surface area contributed by atoms with Gasteiger partial charge in [-0.05, 0) is 23.6 Å². The third-order valence-electron chi connectivity index (χ3n) is 6.00. The zero-order valence-corrected chi connectivity index (χ0v) is 18.2. The van der Waals surface area contributed by atoms with Gasteiger partial charge in [0.25, 0.3) is 0 Å². The fraction of sp³-hybridized carbons (Fsp3) is 0.250. The standard InChI is InChI=1S/C28H29NO2/c1-3-31-20-25-26(21-13-7-4-8-14-21)24(28(30)23-17-11-6-12-18-23)19-29(2)27(25)22-15-9-5-10-16-22/h4-18,24,26H,3,19-20H2,1-2H3. The second-order valence-corrected chi connectivity index (χ2v) is 7.98. The van der Waals surface area contributed by atoms with Gasteiger partial charge in [-0.15, -0.1) is 0 Å². The SMILES string of the molecule is CCOCC1=C(c2ccccc2)N(C)CC(C(=O)c2ccccc2)C1c1ccccc1. The predicted octanol–water partition coefficient (Wildman–Crippen LogP) is 5.66. The number of benzene rings is 3. The lowest BCUT2D eigenvalue weighted by Crippen LogP contribution is -2.41. The molecule has 2 atom stereocenters. The minimum absolute atomic E-state index is 0.0353. The quantitative estimate of drug-likeness (QED) is 0.470. The number of ketones is 1. The average Bonchev–Trinajstić information content (AvgIpc) is 2.83. The van der Waals surface area contributed by atoms with Crippen molar-refractivity contribution in [3.63, 3.8) is 0 Å². The molecule has 4 rings (SSSR count). The van der Waals surface area contributed by atoms with Gasteiger partial charge in [0.05, 0.1) is 12.5 Å². The number of hydrogen-bond acceptors (Lipinski definition) is 3. The Bertz CT molecular complexity index is 1030. The van der Waals surface area contributed by atoms with Crippen molar-refractivity contribution in [3.05, 3.63) is 113 Å². The summed E-state index contributed by atoms with van der Waals surface area (Å²) < 4.78 is 5.96. The second kappa shape index (κ2) is 9.76. The molecule has 0 radical (unpaired) electrons. The maximum atomic E-state index is 13.7. The average molecular weight is 412 g/mol. The molecule has 3 aromatic carbocycles. The topological polar surface area (TPSA) is 29.5 Å². The monoisotopic (exact) mass is 411 g/mol. The first-order chi connectivity index (χ1) is 15.2. The summed E-state index contributed by atoms with van der Waals surface area (Å²) in [4.78, 5) is 15.9. The fourth-order valence-corrected chi connectivity index (χ4v) is 4.64. The Balaban J connectivity index is 1.88. The van der Waals surface area contributed by atoms with E-state index in [4.69, 9.17) is 4.74 Å². The van der Waals surface area contributed by atoms with E-state index < -0.39 is 0 Å². The number of hydrogen-bond donors (Lipinski definition) is 0. The summed E-state index contributed by atoms with van der Waals surface area (Å²) in [6.07, 6.45) is 0. The van der Waals surface area contributed by atoms with Gasteiger partial charge in [0.1, 0.15) is 0 Å². The third-order valence-corrected chi connectivity index (χ3v) is 6.00. The van der Waals surface area contributed by atoms with Gasteiger partial charge < -0.3 is 9.64 Å². The van der Waals surface area contributed by atoms with Gasteiger partial charge in [0.15, 0.2) is 5.78 Å². The lowest BCUT2D eigenvalue weighted by atomic mass is 9.73. The lowest BCUT2D eigenvalue weighted by molar-refractivity contribution is 0.0868. The molecule has 1 aliphatic heterocycles. The summed E-state index contributed by atoms with van der Waals surface area (Å²) in [7, 11) is 2.08. The van der Waals surface area contributed by atoms with Crippen LogP contribution >= 0.6 is 0 Å². The molecule has 3 heteroatoms. The molecule has 0 saturated carbocycles. The normalized spacial score (nSPS) is 18.8. The Kier molecular flexibility index (Phi) is 6.63. The Labute approximate surface area is 185 Å². The van der Waals surface area contributed by atoms with Crippen molar-refractivity contribution in [3.8, 4) is 0 Å². The molecule has 0 fully saturated rings. The summed E-state index contributed by atoms with van der Waals surface area (Å²) in [6, 6.07) is 30.5. The van der Waals surface area contributed by atoms with E-state index in [1.807, 2.05) is 49.4 Å². The van der Waals surface area contributed by atoms with Gasteiger partial charge >= 0.3 is 0 Å². The Morgan fingerprint density at radius 2 is 1.48 bits per heavy atom. The molecule has 0 amide bonds. The van der Waals surface area contributed by atoms with Gasteiger partial charge in [0, 0.05) is 37.4 Å². The number of rotatable bonds is 7. The molecule has 3 nitrogen and oxygen atoms in total. The fourth-order valence-electron chi connectivity index (χ4n) is 4.64. The Morgan fingerprint density at radius 1 is 0.903 bits per heavy atom. The van der Waals surface area contributed by atoms with E-state index in [-0.39, 0.29) is 17.6 Å². The molecule has 158 valence electrons. The van der Waals surface area contributed by atoms with Crippen molar-refractivity contribution in [1.29, 1.82) is 0 Å². The minimum Gasteiger partial charge on any atom is -0.377 e. The Morgan fingerprint density at radius 3 is 2.10 bits per heavy atom. The van der Waals surface area contributed by atoms with Crippen LogP contribution in [0, 0.1) is 5.92 Å². The van der Waals surface area contributed by atoms with E-state index in [0.29, 0.717) is 19.8 Å². The van der Waals surface area contributed by atoms with Gasteiger partial charge in [-0.25, -0.2) is 0 Å². The van der Waals surface area contributed by atoms with Crippen LogP contribution in [0.25, 0.3) is 5.70 Å². The third kappa shape index (κ3) is 4.47. The second-order valence-electron chi connectivity index (χ2n) is 7.98. The van der Waals surface area contributed by atoms with Crippen LogP contribution in [0.4, 0.5) is 0 Å². The lowest BCUT2D eigenvalue weighted by Gasteiger charge is -2.41. The van der Waals surface area contributed by atoms with E-state index in [1.165, 1.54) is 11.3 Å². The number of ether oxygens (including phenoxy) is 1. The van der Waals surface area contributed by atoms with Crippen LogP contribution in [0.1, 0.15) is 34.3 Å². The highest BCUT2D eigenvalue weighted by molar-refractivity contribution is 5.99. The van der Waals surface area contributed by atoms with E-state index >= 15 is 0 Å². The molecule has 0 aromatic heterocycles. The molecule has 0 aliphatic carbocycles. The molecule has 31 heavy (non-hydrogen) atoms. The van der Waals surface area contributed by atoms with E-state index in [1.54, 1.807) is 0 Å². The van der Waals surface area contributed by atoms with Crippen molar-refractivity contribution >= 4 is 11.5 Å². The van der Waals surface area contributed by atoms with Gasteiger partial charge in [-0.3, -0.25) is 4.79 Å². The number of carbonyl (C=O) groups is 1. The first kappa shape index (κ1) is 21.1. The molecule has 0 spiro atoms. The first-order valence-corrected chi connectivity index (χ1v) is 10.9. The first-order valence-electron chi connectivity index (χ1n) is 10.9. The van der Waals surface area contributed by atoms with E-state index in [2.05, 4.69) is 60.5 Å². The zero-order chi connectivity index (χ0) is 21.6. The molecule has 0 saturated heterocycles. The predicted molar refractivity (Wildman–Crippen MR) is 126 cm³/mol. The van der Waals surface area contributed by atoms with Crippen molar-refractivity contribution in [1.82, 2.24) is 4.90 Å². The molecular formula is C28H29NO2. The number of nitrogens with zero attached hydrogens (tertiary/aromatic N) is 1. The largest absolute Gasteiger partial charge is 0.377 e. The summed E-state index contributed by atoms with van der Waals surface area (Å²) in [5, 5.41) is 0. The van der Waals surface area contributed by atoms with E-state index in [9.17, 15) is 4.79 Å². The highest BCUT2D eigenvalue weighted by Crippen LogP contribution is 2.43. The smallest absolute Gasteiger partial charge is 0.168 e. The highest BCUT2D eigenvalue weighted by atomic mass is 16.5. The zero-order valence-electron chi connectivity index (χ0n) is 18.2. The summed E-state index contributed by atoms with van der Waals surface area (Å²) >= 11 is 0. The van der Waals surface area contributed by atoms with Crippen molar-refractivity contribution < 1.29 is 9.53 Å². The Hall–Kier alpha value is -3.17. The maximum Gasteiger partial charge on any atom is 0.168 e. The molecular weight excluding hydrogens is 382 g/mol. The minimum atomic E-state index is -0.183. The van der Waals surface area contributed by atoms with Crippen molar-refractivity contribution in [2.45, 2.75) is 12.8 Å². The molecule has 3 aromatic rings. The van der Waals surface area contributed by atoms with Gasteiger partial charge in [-0.2, -0.15) is 0 Å². The summed E-state index contributed by atoms with van der Waals surface area (Å²) in [5.74, 6) is -0.0352. The summed E-state index contributed by atoms with van der Waals surface area (Å²) in [5.41, 5.74) is 5.42. The van der Waals surface area contributed by atoms with Crippen LogP contribution in [-0.2, 0) is 4.74 Å². The molecule has 0 N–H and O–H groups in total. The highest BCUT2D eigenvalue weighted by Gasteiger charge is 2.39. The molecule has 1 heterocycles. The van der Waals surface area contributed by atoms with Crippen LogP contribution in [-0.4, -0.2) is 37.5 Å².